The minimum Gasteiger partial charge on any atom is -0.481 e. The van der Waals surface area contributed by atoms with E-state index in [1.807, 2.05) is 0 Å². The van der Waals surface area contributed by atoms with Crippen LogP contribution in [0.5, 0.6) is 0 Å². The third-order valence-electron chi connectivity index (χ3n) is 4.34. The van der Waals surface area contributed by atoms with Crippen LogP contribution in [0.15, 0.2) is 41.8 Å². The fourth-order valence-electron chi connectivity index (χ4n) is 3.28. The zero-order valence-electron chi connectivity index (χ0n) is 12.7. The number of rotatable bonds is 4. The highest BCUT2D eigenvalue weighted by Gasteiger charge is 2.31. The molecule has 0 aliphatic carbocycles. The monoisotopic (exact) mass is 315 g/mol. The number of hydrogen-bond donors (Lipinski definition) is 1. The average Bonchev–Trinajstić information content (AvgIpc) is 3.02. The summed E-state index contributed by atoms with van der Waals surface area (Å²) in [7, 11) is 0. The van der Waals surface area contributed by atoms with Crippen LogP contribution in [0.1, 0.15) is 34.9 Å². The Bertz CT molecular complexity index is 638. The van der Waals surface area contributed by atoms with Crippen LogP contribution >= 0.6 is 11.3 Å². The maximum atomic E-state index is 11.4. The minimum atomic E-state index is -0.668. The predicted octanol–water partition coefficient (Wildman–Crippen LogP) is 3.94. The molecule has 1 aromatic heterocycles. The molecule has 22 heavy (non-hydrogen) atoms. The van der Waals surface area contributed by atoms with Crippen molar-refractivity contribution in [1.29, 1.82) is 0 Å². The molecule has 0 spiro atoms. The standard InChI is InChI=1S/C18H21NO2S/c1-13-5-2-6-14(11-13)17(16-8-4-10-22-16)19-9-3-7-15(12-19)18(20)21/h2,4-6,8,10-11,15,17H,3,7,9,12H2,1H3,(H,20,21). The van der Waals surface area contributed by atoms with Crippen LogP contribution in [0, 0.1) is 12.8 Å². The number of carboxylic acids is 1. The van der Waals surface area contributed by atoms with Crippen LogP contribution in [-0.4, -0.2) is 29.1 Å². The minimum absolute atomic E-state index is 0.169. The largest absolute Gasteiger partial charge is 0.481 e. The third kappa shape index (κ3) is 3.23. The number of carbonyl (C=O) groups is 1. The first kappa shape index (κ1) is 15.3. The quantitative estimate of drug-likeness (QED) is 0.929. The summed E-state index contributed by atoms with van der Waals surface area (Å²) >= 11 is 1.75. The number of piperidine rings is 1. The van der Waals surface area contributed by atoms with E-state index in [4.69, 9.17) is 0 Å². The highest BCUT2D eigenvalue weighted by atomic mass is 32.1. The number of likely N-dealkylation sites (tertiary alicyclic amines) is 1. The maximum absolute atomic E-state index is 11.4. The first-order valence-electron chi connectivity index (χ1n) is 7.72. The van der Waals surface area contributed by atoms with Crippen LogP contribution in [0.2, 0.25) is 0 Å². The molecule has 2 unspecified atom stereocenters. The van der Waals surface area contributed by atoms with Crippen LogP contribution in [-0.2, 0) is 4.79 Å². The first-order chi connectivity index (χ1) is 10.6. The lowest BCUT2D eigenvalue weighted by atomic mass is 9.94. The lowest BCUT2D eigenvalue weighted by Gasteiger charge is -2.37. The summed E-state index contributed by atoms with van der Waals surface area (Å²) in [6, 6.07) is 13.0. The Morgan fingerprint density at radius 3 is 2.91 bits per heavy atom. The van der Waals surface area contributed by atoms with E-state index in [-0.39, 0.29) is 12.0 Å². The third-order valence-corrected chi connectivity index (χ3v) is 5.26. The predicted molar refractivity (Wildman–Crippen MR) is 89.3 cm³/mol. The smallest absolute Gasteiger partial charge is 0.307 e. The van der Waals surface area contributed by atoms with Gasteiger partial charge in [0.05, 0.1) is 12.0 Å². The number of hydrogen-bond acceptors (Lipinski definition) is 3. The van der Waals surface area contributed by atoms with Gasteiger partial charge in [0.25, 0.3) is 0 Å². The van der Waals surface area contributed by atoms with Gasteiger partial charge in [0, 0.05) is 11.4 Å². The Balaban J connectivity index is 1.94. The molecule has 3 rings (SSSR count). The Morgan fingerprint density at radius 1 is 1.36 bits per heavy atom. The van der Waals surface area contributed by atoms with Crippen molar-refractivity contribution in [1.82, 2.24) is 4.90 Å². The Kier molecular flexibility index (Phi) is 4.60. The Hall–Kier alpha value is -1.65. The van der Waals surface area contributed by atoms with Gasteiger partial charge in [-0.2, -0.15) is 0 Å². The number of nitrogens with zero attached hydrogens (tertiary/aromatic N) is 1. The van der Waals surface area contributed by atoms with Gasteiger partial charge in [0.2, 0.25) is 0 Å². The van der Waals surface area contributed by atoms with Gasteiger partial charge < -0.3 is 5.11 Å². The molecule has 0 radical (unpaired) electrons. The molecule has 4 heteroatoms. The van der Waals surface area contributed by atoms with Gasteiger partial charge in [-0.3, -0.25) is 9.69 Å². The number of aryl methyl sites for hydroxylation is 1. The van der Waals surface area contributed by atoms with E-state index >= 15 is 0 Å². The van der Waals surface area contributed by atoms with Gasteiger partial charge >= 0.3 is 5.97 Å². The van der Waals surface area contributed by atoms with Crippen molar-refractivity contribution in [3.05, 3.63) is 57.8 Å². The summed E-state index contributed by atoms with van der Waals surface area (Å²) in [5, 5.41) is 11.5. The molecule has 0 amide bonds. The molecule has 2 aromatic rings. The molecule has 0 saturated carbocycles. The van der Waals surface area contributed by atoms with Gasteiger partial charge in [-0.05, 0) is 43.3 Å². The highest BCUT2D eigenvalue weighted by Crippen LogP contribution is 2.35. The molecule has 1 saturated heterocycles. The summed E-state index contributed by atoms with van der Waals surface area (Å²) in [6.45, 7) is 3.69. The maximum Gasteiger partial charge on any atom is 0.307 e. The molecule has 2 atom stereocenters. The van der Waals surface area contributed by atoms with Crippen LogP contribution in [0.4, 0.5) is 0 Å². The van der Waals surface area contributed by atoms with E-state index in [1.54, 1.807) is 11.3 Å². The van der Waals surface area contributed by atoms with E-state index in [9.17, 15) is 9.90 Å². The van der Waals surface area contributed by atoms with Gasteiger partial charge in [-0.1, -0.05) is 35.9 Å². The second-order valence-corrected chi connectivity index (χ2v) is 6.98. The van der Waals surface area contributed by atoms with E-state index in [0.717, 1.165) is 19.4 Å². The van der Waals surface area contributed by atoms with Crippen molar-refractivity contribution < 1.29 is 9.90 Å². The van der Waals surface area contributed by atoms with Gasteiger partial charge in [0.1, 0.15) is 0 Å². The van der Waals surface area contributed by atoms with Crippen LogP contribution in [0.25, 0.3) is 0 Å². The molecular weight excluding hydrogens is 294 g/mol. The van der Waals surface area contributed by atoms with Crippen molar-refractivity contribution in [3.63, 3.8) is 0 Å². The van der Waals surface area contributed by atoms with E-state index in [1.165, 1.54) is 16.0 Å². The van der Waals surface area contributed by atoms with E-state index in [0.29, 0.717) is 6.54 Å². The molecule has 3 nitrogen and oxygen atoms in total. The van der Waals surface area contributed by atoms with Crippen molar-refractivity contribution in [2.24, 2.45) is 5.92 Å². The normalized spacial score (nSPS) is 20.7. The summed E-state index contributed by atoms with van der Waals surface area (Å²) in [5.41, 5.74) is 2.50. The van der Waals surface area contributed by atoms with Gasteiger partial charge in [-0.25, -0.2) is 0 Å². The second kappa shape index (κ2) is 6.63. The van der Waals surface area contributed by atoms with Crippen LogP contribution < -0.4 is 0 Å². The number of thiophene rings is 1. The summed E-state index contributed by atoms with van der Waals surface area (Å²) in [4.78, 5) is 15.0. The lowest BCUT2D eigenvalue weighted by Crippen LogP contribution is -2.41. The van der Waals surface area contributed by atoms with E-state index in [2.05, 4.69) is 53.6 Å². The van der Waals surface area contributed by atoms with Crippen molar-refractivity contribution in [2.75, 3.05) is 13.1 Å². The second-order valence-electron chi connectivity index (χ2n) is 6.00. The zero-order valence-corrected chi connectivity index (χ0v) is 13.6. The van der Waals surface area contributed by atoms with E-state index < -0.39 is 5.97 Å². The molecule has 1 aliphatic heterocycles. The lowest BCUT2D eigenvalue weighted by molar-refractivity contribution is -0.143. The Morgan fingerprint density at radius 2 is 2.23 bits per heavy atom. The summed E-state index contributed by atoms with van der Waals surface area (Å²) in [5.74, 6) is -0.917. The molecule has 2 heterocycles. The molecule has 1 N–H and O–H groups in total. The van der Waals surface area contributed by atoms with Gasteiger partial charge in [0.15, 0.2) is 0 Å². The molecule has 1 fully saturated rings. The number of benzene rings is 1. The molecule has 1 aromatic carbocycles. The zero-order chi connectivity index (χ0) is 15.5. The van der Waals surface area contributed by atoms with Gasteiger partial charge in [-0.15, -0.1) is 11.3 Å². The number of carboxylic acid groups (broad SMARTS) is 1. The fraction of sp³-hybridized carbons (Fsp3) is 0.389. The Labute approximate surface area is 135 Å². The number of aliphatic carboxylic acids is 1. The van der Waals surface area contributed by atoms with Crippen LogP contribution in [0.3, 0.4) is 0 Å². The fourth-order valence-corrected chi connectivity index (χ4v) is 4.17. The van der Waals surface area contributed by atoms with Crippen molar-refractivity contribution in [3.8, 4) is 0 Å². The SMILES string of the molecule is Cc1cccc(C(c2cccs2)N2CCCC(C(=O)O)C2)c1. The molecule has 0 bridgehead atoms. The summed E-state index contributed by atoms with van der Waals surface area (Å²) in [6.07, 6.45) is 1.74. The topological polar surface area (TPSA) is 40.5 Å². The molecule has 116 valence electrons. The average molecular weight is 315 g/mol. The van der Waals surface area contributed by atoms with Crippen molar-refractivity contribution >= 4 is 17.3 Å². The molecule has 1 aliphatic rings. The highest BCUT2D eigenvalue weighted by molar-refractivity contribution is 7.10. The molecular formula is C18H21NO2S. The summed E-state index contributed by atoms with van der Waals surface area (Å²) < 4.78 is 0. The van der Waals surface area contributed by atoms with Crippen molar-refractivity contribution in [2.45, 2.75) is 25.8 Å². The first-order valence-corrected chi connectivity index (χ1v) is 8.60.